The topological polar surface area (TPSA) is 58.4 Å². The number of likely N-dealkylation sites (N-methyl/N-ethyl adjacent to an activating group) is 1. The number of aromatic nitrogens is 2. The summed E-state index contributed by atoms with van der Waals surface area (Å²) in [5.74, 6) is -1.77. The van der Waals surface area contributed by atoms with Gasteiger partial charge in [-0.05, 0) is 38.0 Å². The average Bonchev–Trinajstić information content (AvgIpc) is 3.13. The van der Waals surface area contributed by atoms with E-state index >= 15 is 0 Å². The smallest absolute Gasteiger partial charge is 0.274 e. The standard InChI is InChI=1S/C18H21F2N3O2/c1-12-9-15(17(24)22(2)11-18(25)7-3-4-8-18)21-23(12)16-6-5-13(19)10-14(16)20/h5-6,9-10,25H,3-4,7-8,11H2,1-2H3. The molecule has 0 bridgehead atoms. The number of hydrogen-bond donors (Lipinski definition) is 1. The number of hydrogen-bond acceptors (Lipinski definition) is 3. The van der Waals surface area contributed by atoms with E-state index in [1.54, 1.807) is 20.0 Å². The first-order valence-corrected chi connectivity index (χ1v) is 8.29. The molecule has 1 aliphatic rings. The lowest BCUT2D eigenvalue weighted by Gasteiger charge is -2.28. The van der Waals surface area contributed by atoms with Crippen LogP contribution in [0.15, 0.2) is 24.3 Å². The summed E-state index contributed by atoms with van der Waals surface area (Å²) in [4.78, 5) is 14.0. The number of aryl methyl sites for hydroxylation is 1. The van der Waals surface area contributed by atoms with E-state index in [1.165, 1.54) is 15.6 Å². The largest absolute Gasteiger partial charge is 0.388 e. The number of carbonyl (C=O) groups excluding carboxylic acids is 1. The van der Waals surface area contributed by atoms with E-state index < -0.39 is 17.2 Å². The van der Waals surface area contributed by atoms with Crippen LogP contribution in [-0.4, -0.2) is 44.9 Å². The van der Waals surface area contributed by atoms with Crippen molar-refractivity contribution in [2.24, 2.45) is 0 Å². The van der Waals surface area contributed by atoms with Gasteiger partial charge < -0.3 is 10.0 Å². The summed E-state index contributed by atoms with van der Waals surface area (Å²) in [7, 11) is 1.62. The number of rotatable bonds is 4. The molecule has 0 unspecified atom stereocenters. The lowest BCUT2D eigenvalue weighted by Crippen LogP contribution is -2.42. The van der Waals surface area contributed by atoms with Crippen LogP contribution in [0.4, 0.5) is 8.78 Å². The van der Waals surface area contributed by atoms with Crippen molar-refractivity contribution in [2.45, 2.75) is 38.2 Å². The van der Waals surface area contributed by atoms with Crippen LogP contribution in [0.5, 0.6) is 0 Å². The molecule has 0 radical (unpaired) electrons. The normalized spacial score (nSPS) is 16.2. The SMILES string of the molecule is Cc1cc(C(=O)N(C)CC2(O)CCCC2)nn1-c1ccc(F)cc1F. The molecule has 1 aromatic heterocycles. The van der Waals surface area contributed by atoms with E-state index in [0.29, 0.717) is 18.5 Å². The van der Waals surface area contributed by atoms with Crippen molar-refractivity contribution in [1.82, 2.24) is 14.7 Å². The van der Waals surface area contributed by atoms with E-state index in [4.69, 9.17) is 0 Å². The maximum absolute atomic E-state index is 14.0. The molecule has 0 spiro atoms. The maximum Gasteiger partial charge on any atom is 0.274 e. The molecule has 2 aromatic rings. The Morgan fingerprint density at radius 2 is 2.00 bits per heavy atom. The van der Waals surface area contributed by atoms with Gasteiger partial charge >= 0.3 is 0 Å². The zero-order valence-corrected chi connectivity index (χ0v) is 14.3. The molecule has 7 heteroatoms. The molecule has 3 rings (SSSR count). The predicted molar refractivity (Wildman–Crippen MR) is 88.6 cm³/mol. The van der Waals surface area contributed by atoms with Gasteiger partial charge in [0.1, 0.15) is 11.5 Å². The average molecular weight is 349 g/mol. The second kappa shape index (κ2) is 6.55. The fourth-order valence-electron chi connectivity index (χ4n) is 3.38. The Morgan fingerprint density at radius 3 is 2.64 bits per heavy atom. The quantitative estimate of drug-likeness (QED) is 0.923. The second-order valence-electron chi connectivity index (χ2n) is 6.77. The van der Waals surface area contributed by atoms with E-state index in [1.807, 2.05) is 0 Å². The van der Waals surface area contributed by atoms with Crippen molar-refractivity contribution in [1.29, 1.82) is 0 Å². The predicted octanol–water partition coefficient (Wildman–Crippen LogP) is 2.84. The van der Waals surface area contributed by atoms with Crippen LogP contribution in [0.2, 0.25) is 0 Å². The first kappa shape index (κ1) is 17.5. The van der Waals surface area contributed by atoms with Crippen LogP contribution in [0.3, 0.4) is 0 Å². The summed E-state index contributed by atoms with van der Waals surface area (Å²) < 4.78 is 28.3. The number of amides is 1. The van der Waals surface area contributed by atoms with Crippen LogP contribution in [0.1, 0.15) is 41.9 Å². The Kier molecular flexibility index (Phi) is 4.60. The van der Waals surface area contributed by atoms with Crippen molar-refractivity contribution in [3.63, 3.8) is 0 Å². The zero-order chi connectivity index (χ0) is 18.2. The lowest BCUT2D eigenvalue weighted by molar-refractivity contribution is 0.0154. The second-order valence-corrected chi connectivity index (χ2v) is 6.77. The molecular formula is C18H21F2N3O2. The summed E-state index contributed by atoms with van der Waals surface area (Å²) in [6.07, 6.45) is 3.27. The van der Waals surface area contributed by atoms with Crippen molar-refractivity contribution in [2.75, 3.05) is 13.6 Å². The van der Waals surface area contributed by atoms with Crippen LogP contribution in [0, 0.1) is 18.6 Å². The summed E-state index contributed by atoms with van der Waals surface area (Å²) in [5.41, 5.74) is -0.0485. The molecule has 0 atom stereocenters. The number of carbonyl (C=O) groups is 1. The first-order valence-electron chi connectivity index (χ1n) is 8.29. The Balaban J connectivity index is 1.82. The van der Waals surface area contributed by atoms with E-state index in [9.17, 15) is 18.7 Å². The molecule has 0 aliphatic heterocycles. The van der Waals surface area contributed by atoms with Gasteiger partial charge in [-0.3, -0.25) is 4.79 Å². The maximum atomic E-state index is 14.0. The number of benzene rings is 1. The molecule has 1 N–H and O–H groups in total. The van der Waals surface area contributed by atoms with Gasteiger partial charge in [0.05, 0.1) is 5.60 Å². The third kappa shape index (κ3) is 3.56. The van der Waals surface area contributed by atoms with Gasteiger partial charge in [0.25, 0.3) is 5.91 Å². The lowest BCUT2D eigenvalue weighted by atomic mass is 10.0. The Morgan fingerprint density at radius 1 is 1.32 bits per heavy atom. The zero-order valence-electron chi connectivity index (χ0n) is 14.3. The van der Waals surface area contributed by atoms with Gasteiger partial charge in [-0.1, -0.05) is 12.8 Å². The third-order valence-corrected chi connectivity index (χ3v) is 4.66. The Labute approximate surface area is 144 Å². The summed E-state index contributed by atoms with van der Waals surface area (Å²) in [5, 5.41) is 14.6. The highest BCUT2D eigenvalue weighted by molar-refractivity contribution is 5.92. The molecule has 1 amide bonds. The Hall–Kier alpha value is -2.28. The molecule has 5 nitrogen and oxygen atoms in total. The monoisotopic (exact) mass is 349 g/mol. The van der Waals surface area contributed by atoms with E-state index in [2.05, 4.69) is 5.10 Å². The summed E-state index contributed by atoms with van der Waals surface area (Å²) >= 11 is 0. The van der Waals surface area contributed by atoms with Crippen LogP contribution >= 0.6 is 0 Å². The van der Waals surface area contributed by atoms with E-state index in [0.717, 1.165) is 25.0 Å². The van der Waals surface area contributed by atoms with Gasteiger partial charge in [0, 0.05) is 25.4 Å². The van der Waals surface area contributed by atoms with Crippen LogP contribution in [-0.2, 0) is 0 Å². The molecule has 134 valence electrons. The minimum atomic E-state index is -0.842. The molecule has 1 aromatic carbocycles. The van der Waals surface area contributed by atoms with Gasteiger partial charge in [0.2, 0.25) is 0 Å². The van der Waals surface area contributed by atoms with Gasteiger partial charge in [-0.25, -0.2) is 13.5 Å². The summed E-state index contributed by atoms with van der Waals surface area (Å²) in [6.45, 7) is 1.93. The molecule has 1 aliphatic carbocycles. The molecule has 1 heterocycles. The third-order valence-electron chi connectivity index (χ3n) is 4.66. The fraction of sp³-hybridized carbons (Fsp3) is 0.444. The molecule has 1 saturated carbocycles. The minimum absolute atomic E-state index is 0.0787. The summed E-state index contributed by atoms with van der Waals surface area (Å²) in [6, 6.07) is 4.76. The van der Waals surface area contributed by atoms with Gasteiger partial charge in [-0.15, -0.1) is 0 Å². The number of halogens is 2. The van der Waals surface area contributed by atoms with Gasteiger partial charge in [0.15, 0.2) is 11.5 Å². The van der Waals surface area contributed by atoms with Crippen molar-refractivity contribution in [3.8, 4) is 5.69 Å². The number of aliphatic hydroxyl groups is 1. The highest BCUT2D eigenvalue weighted by Gasteiger charge is 2.34. The fourth-order valence-corrected chi connectivity index (χ4v) is 3.38. The molecule has 0 saturated heterocycles. The highest BCUT2D eigenvalue weighted by atomic mass is 19.1. The first-order chi connectivity index (χ1) is 11.8. The molecular weight excluding hydrogens is 328 g/mol. The highest BCUT2D eigenvalue weighted by Crippen LogP contribution is 2.30. The molecule has 25 heavy (non-hydrogen) atoms. The van der Waals surface area contributed by atoms with Crippen LogP contribution in [0.25, 0.3) is 5.69 Å². The Bertz CT molecular complexity index is 798. The van der Waals surface area contributed by atoms with Crippen molar-refractivity contribution < 1.29 is 18.7 Å². The van der Waals surface area contributed by atoms with Crippen LogP contribution < -0.4 is 0 Å². The van der Waals surface area contributed by atoms with Crippen molar-refractivity contribution >= 4 is 5.91 Å². The molecule has 1 fully saturated rings. The minimum Gasteiger partial charge on any atom is -0.388 e. The van der Waals surface area contributed by atoms with Gasteiger partial charge in [-0.2, -0.15) is 5.10 Å². The number of nitrogens with zero attached hydrogens (tertiary/aromatic N) is 3. The van der Waals surface area contributed by atoms with E-state index in [-0.39, 0.29) is 23.8 Å². The van der Waals surface area contributed by atoms with Crippen molar-refractivity contribution in [3.05, 3.63) is 47.3 Å².